The summed E-state index contributed by atoms with van der Waals surface area (Å²) in [5, 5.41) is 8.95. The summed E-state index contributed by atoms with van der Waals surface area (Å²) in [6.07, 6.45) is 2.17. The maximum atomic E-state index is 8.95. The molecule has 0 saturated heterocycles. The molecule has 0 aliphatic carbocycles. The lowest BCUT2D eigenvalue weighted by Crippen LogP contribution is -2.06. The first kappa shape index (κ1) is 12.6. The number of aromatic nitrogens is 2. The Kier molecular flexibility index (Phi) is 3.66. The monoisotopic (exact) mass is 241 g/mol. The van der Waals surface area contributed by atoms with Gasteiger partial charge in [-0.2, -0.15) is 5.26 Å². The molecule has 0 amide bonds. The highest BCUT2D eigenvalue weighted by Gasteiger charge is 2.15. The maximum Gasteiger partial charge on any atom is 0.112 e. The molecular weight excluding hydrogens is 222 g/mol. The van der Waals surface area contributed by atoms with Crippen LogP contribution in [0, 0.1) is 11.3 Å². The summed E-state index contributed by atoms with van der Waals surface area (Å²) >= 11 is 0. The van der Waals surface area contributed by atoms with Gasteiger partial charge in [0, 0.05) is 12.5 Å². The van der Waals surface area contributed by atoms with Crippen LogP contribution >= 0.6 is 0 Å². The highest BCUT2D eigenvalue weighted by Crippen LogP contribution is 2.25. The quantitative estimate of drug-likeness (QED) is 0.816. The van der Waals surface area contributed by atoms with Crippen LogP contribution in [0.15, 0.2) is 18.2 Å². The molecule has 0 N–H and O–H groups in total. The van der Waals surface area contributed by atoms with E-state index in [1.54, 1.807) is 0 Å². The Hall–Kier alpha value is -1.82. The fraction of sp³-hybridized carbons (Fsp3) is 0.467. The highest BCUT2D eigenvalue weighted by atomic mass is 15.1. The number of benzene rings is 1. The maximum absolute atomic E-state index is 8.95. The van der Waals surface area contributed by atoms with Crippen molar-refractivity contribution in [3.05, 3.63) is 29.6 Å². The van der Waals surface area contributed by atoms with Crippen LogP contribution in [0.4, 0.5) is 0 Å². The Bertz CT molecular complexity index is 590. The van der Waals surface area contributed by atoms with Crippen LogP contribution in [0.2, 0.25) is 0 Å². The molecule has 2 rings (SSSR count). The van der Waals surface area contributed by atoms with Gasteiger partial charge < -0.3 is 4.57 Å². The zero-order valence-corrected chi connectivity index (χ0v) is 11.3. The van der Waals surface area contributed by atoms with Crippen LogP contribution in [-0.4, -0.2) is 9.55 Å². The first-order chi connectivity index (χ1) is 8.71. The van der Waals surface area contributed by atoms with Crippen LogP contribution in [0.3, 0.4) is 0 Å². The number of nitrogens with zero attached hydrogens (tertiary/aromatic N) is 3. The van der Waals surface area contributed by atoms with Crippen molar-refractivity contribution in [1.29, 1.82) is 5.26 Å². The van der Waals surface area contributed by atoms with Gasteiger partial charge in [0.05, 0.1) is 22.7 Å². The van der Waals surface area contributed by atoms with Gasteiger partial charge in [-0.3, -0.25) is 0 Å². The summed E-state index contributed by atoms with van der Waals surface area (Å²) in [5.41, 5.74) is 2.77. The van der Waals surface area contributed by atoms with Crippen LogP contribution in [0.5, 0.6) is 0 Å². The van der Waals surface area contributed by atoms with Gasteiger partial charge in [0.25, 0.3) is 0 Å². The summed E-state index contributed by atoms with van der Waals surface area (Å²) in [6, 6.07) is 7.94. The molecule has 0 bridgehead atoms. The SMILES string of the molecule is CCCn1c(C(C)CC)nc2cc(C#N)ccc21. The molecule has 2 aromatic rings. The zero-order chi connectivity index (χ0) is 13.1. The van der Waals surface area contributed by atoms with E-state index in [1.807, 2.05) is 18.2 Å². The molecule has 1 aromatic heterocycles. The van der Waals surface area contributed by atoms with Crippen LogP contribution in [0.25, 0.3) is 11.0 Å². The molecule has 3 nitrogen and oxygen atoms in total. The number of hydrogen-bond acceptors (Lipinski definition) is 2. The van der Waals surface area contributed by atoms with Crippen molar-refractivity contribution >= 4 is 11.0 Å². The molecule has 0 aliphatic heterocycles. The molecule has 1 unspecified atom stereocenters. The van der Waals surface area contributed by atoms with E-state index in [4.69, 9.17) is 10.2 Å². The van der Waals surface area contributed by atoms with E-state index >= 15 is 0 Å². The Balaban J connectivity index is 2.63. The smallest absolute Gasteiger partial charge is 0.112 e. The molecule has 94 valence electrons. The van der Waals surface area contributed by atoms with Gasteiger partial charge in [-0.1, -0.05) is 20.8 Å². The van der Waals surface area contributed by atoms with E-state index in [-0.39, 0.29) is 0 Å². The second-order valence-electron chi connectivity index (χ2n) is 4.75. The average molecular weight is 241 g/mol. The van der Waals surface area contributed by atoms with Crippen LogP contribution in [-0.2, 0) is 6.54 Å². The zero-order valence-electron chi connectivity index (χ0n) is 11.3. The second-order valence-corrected chi connectivity index (χ2v) is 4.75. The minimum atomic E-state index is 0.453. The molecule has 1 heterocycles. The van der Waals surface area contributed by atoms with Gasteiger partial charge >= 0.3 is 0 Å². The van der Waals surface area contributed by atoms with Gasteiger partial charge in [-0.15, -0.1) is 0 Å². The predicted molar refractivity (Wildman–Crippen MR) is 73.4 cm³/mol. The summed E-state index contributed by atoms with van der Waals surface area (Å²) in [4.78, 5) is 4.72. The van der Waals surface area contributed by atoms with E-state index in [9.17, 15) is 0 Å². The van der Waals surface area contributed by atoms with E-state index in [0.29, 0.717) is 11.5 Å². The van der Waals surface area contributed by atoms with E-state index in [2.05, 4.69) is 31.4 Å². The summed E-state index contributed by atoms with van der Waals surface area (Å²) in [7, 11) is 0. The minimum absolute atomic E-state index is 0.453. The highest BCUT2D eigenvalue weighted by molar-refractivity contribution is 5.77. The number of imidazole rings is 1. The molecule has 18 heavy (non-hydrogen) atoms. The van der Waals surface area contributed by atoms with Crippen LogP contribution in [0.1, 0.15) is 50.9 Å². The largest absolute Gasteiger partial charge is 0.328 e. The summed E-state index contributed by atoms with van der Waals surface area (Å²) < 4.78 is 2.30. The van der Waals surface area contributed by atoms with Gasteiger partial charge in [0.1, 0.15) is 5.82 Å². The van der Waals surface area contributed by atoms with Crippen molar-refractivity contribution in [2.75, 3.05) is 0 Å². The Labute approximate surface area is 108 Å². The molecule has 0 radical (unpaired) electrons. The first-order valence-corrected chi connectivity index (χ1v) is 6.61. The molecular formula is C15H19N3. The lowest BCUT2D eigenvalue weighted by molar-refractivity contribution is 0.591. The van der Waals surface area contributed by atoms with Gasteiger partial charge in [0.2, 0.25) is 0 Å². The third-order valence-corrected chi connectivity index (χ3v) is 3.41. The summed E-state index contributed by atoms with van der Waals surface area (Å²) in [6.45, 7) is 7.55. The number of rotatable bonds is 4. The predicted octanol–water partition coefficient (Wildman–Crippen LogP) is 3.83. The molecule has 0 spiro atoms. The fourth-order valence-electron chi connectivity index (χ4n) is 2.24. The van der Waals surface area contributed by atoms with Gasteiger partial charge in [-0.05, 0) is 31.0 Å². The Morgan fingerprint density at radius 1 is 1.39 bits per heavy atom. The standard InChI is InChI=1S/C15H19N3/c1-4-8-18-14-7-6-12(10-16)9-13(14)17-15(18)11(3)5-2/h6-7,9,11H,4-5,8H2,1-3H3. The molecule has 0 saturated carbocycles. The van der Waals surface area contributed by atoms with Crippen molar-refractivity contribution in [2.45, 2.75) is 46.1 Å². The summed E-state index contributed by atoms with van der Waals surface area (Å²) in [5.74, 6) is 1.60. The van der Waals surface area contributed by atoms with Crippen molar-refractivity contribution in [1.82, 2.24) is 9.55 Å². The third-order valence-electron chi connectivity index (χ3n) is 3.41. The average Bonchev–Trinajstić information content (AvgIpc) is 2.76. The van der Waals surface area contributed by atoms with E-state index in [1.165, 1.54) is 0 Å². The Morgan fingerprint density at radius 2 is 2.17 bits per heavy atom. The molecule has 0 aliphatic rings. The van der Waals surface area contributed by atoms with Gasteiger partial charge in [-0.25, -0.2) is 4.98 Å². The minimum Gasteiger partial charge on any atom is -0.328 e. The number of fused-ring (bicyclic) bond motifs is 1. The number of aryl methyl sites for hydroxylation is 1. The van der Waals surface area contributed by atoms with E-state index in [0.717, 1.165) is 36.2 Å². The Morgan fingerprint density at radius 3 is 2.78 bits per heavy atom. The number of nitriles is 1. The molecule has 1 atom stereocenters. The normalized spacial score (nSPS) is 12.6. The van der Waals surface area contributed by atoms with E-state index < -0.39 is 0 Å². The molecule has 1 aromatic carbocycles. The number of hydrogen-bond donors (Lipinski definition) is 0. The lowest BCUT2D eigenvalue weighted by atomic mass is 10.1. The van der Waals surface area contributed by atoms with Gasteiger partial charge in [0.15, 0.2) is 0 Å². The fourth-order valence-corrected chi connectivity index (χ4v) is 2.24. The lowest BCUT2D eigenvalue weighted by Gasteiger charge is -2.12. The van der Waals surface area contributed by atoms with Crippen molar-refractivity contribution in [3.8, 4) is 6.07 Å². The molecule has 0 fully saturated rings. The van der Waals surface area contributed by atoms with Crippen molar-refractivity contribution in [2.24, 2.45) is 0 Å². The second kappa shape index (κ2) is 5.22. The topological polar surface area (TPSA) is 41.6 Å². The third kappa shape index (κ3) is 2.11. The van der Waals surface area contributed by atoms with Crippen molar-refractivity contribution < 1.29 is 0 Å². The molecule has 3 heteroatoms. The van der Waals surface area contributed by atoms with Crippen molar-refractivity contribution in [3.63, 3.8) is 0 Å². The first-order valence-electron chi connectivity index (χ1n) is 6.61. The van der Waals surface area contributed by atoms with Crippen LogP contribution < -0.4 is 0 Å².